The van der Waals surface area contributed by atoms with Gasteiger partial charge in [-0.05, 0) is 42.3 Å². The number of nitrogens with one attached hydrogen (secondary N) is 1. The molecule has 0 radical (unpaired) electrons. The molecule has 5 nitrogen and oxygen atoms in total. The molecular formula is C22H21F3N2O3S. The molecule has 164 valence electrons. The number of thiazole rings is 1. The number of carbonyl (C=O) groups is 1. The second-order valence-corrected chi connectivity index (χ2v) is 7.53. The summed E-state index contributed by atoms with van der Waals surface area (Å²) in [6, 6.07) is 10.3. The zero-order chi connectivity index (χ0) is 22.4. The Balaban J connectivity index is 1.55. The Morgan fingerprint density at radius 3 is 2.48 bits per heavy atom. The van der Waals surface area contributed by atoms with E-state index in [0.29, 0.717) is 35.0 Å². The number of ether oxygens (including phenoxy) is 2. The van der Waals surface area contributed by atoms with Crippen molar-refractivity contribution in [2.75, 3.05) is 20.8 Å². The number of methoxy groups -OCH3 is 2. The molecule has 0 fully saturated rings. The average Bonchev–Trinajstić information content (AvgIpc) is 3.21. The molecule has 2 aromatic carbocycles. The van der Waals surface area contributed by atoms with Crippen LogP contribution in [0.1, 0.15) is 16.8 Å². The fraction of sp³-hybridized carbons (Fsp3) is 0.273. The average molecular weight is 450 g/mol. The van der Waals surface area contributed by atoms with E-state index in [1.807, 2.05) is 12.1 Å². The fourth-order valence-corrected chi connectivity index (χ4v) is 3.79. The van der Waals surface area contributed by atoms with Crippen molar-refractivity contribution in [3.05, 3.63) is 64.7 Å². The Labute approximate surface area is 181 Å². The van der Waals surface area contributed by atoms with Crippen LogP contribution in [0.5, 0.6) is 11.5 Å². The van der Waals surface area contributed by atoms with Crippen molar-refractivity contribution in [3.63, 3.8) is 0 Å². The summed E-state index contributed by atoms with van der Waals surface area (Å²) in [5.41, 5.74) is 1.35. The van der Waals surface area contributed by atoms with E-state index in [-0.39, 0.29) is 12.3 Å². The lowest BCUT2D eigenvalue weighted by Crippen LogP contribution is -2.27. The Morgan fingerprint density at radius 1 is 1.10 bits per heavy atom. The summed E-state index contributed by atoms with van der Waals surface area (Å²) in [4.78, 5) is 16.6. The van der Waals surface area contributed by atoms with Gasteiger partial charge in [-0.15, -0.1) is 11.3 Å². The van der Waals surface area contributed by atoms with Crippen molar-refractivity contribution in [3.8, 4) is 22.1 Å². The first-order chi connectivity index (χ1) is 14.8. The Hall–Kier alpha value is -3.07. The minimum Gasteiger partial charge on any atom is -0.497 e. The minimum absolute atomic E-state index is 0.0897. The molecule has 1 amide bonds. The third-order valence-electron chi connectivity index (χ3n) is 4.56. The van der Waals surface area contributed by atoms with Crippen molar-refractivity contribution in [1.82, 2.24) is 10.3 Å². The molecule has 0 atom stereocenters. The number of amides is 1. The Bertz CT molecular complexity index is 1030. The molecule has 0 aliphatic heterocycles. The number of nitrogens with zero attached hydrogens (tertiary/aromatic N) is 1. The first-order valence-electron chi connectivity index (χ1n) is 9.40. The quantitative estimate of drug-likeness (QED) is 0.538. The van der Waals surface area contributed by atoms with Crippen LogP contribution >= 0.6 is 11.3 Å². The van der Waals surface area contributed by atoms with E-state index in [1.54, 1.807) is 25.7 Å². The monoisotopic (exact) mass is 450 g/mol. The lowest BCUT2D eigenvalue weighted by molar-refractivity contribution is -0.137. The van der Waals surface area contributed by atoms with Crippen LogP contribution in [0.25, 0.3) is 10.6 Å². The van der Waals surface area contributed by atoms with E-state index in [4.69, 9.17) is 9.47 Å². The van der Waals surface area contributed by atoms with Gasteiger partial charge in [0.2, 0.25) is 5.91 Å². The highest BCUT2D eigenvalue weighted by Gasteiger charge is 2.30. The number of alkyl halides is 3. The summed E-state index contributed by atoms with van der Waals surface area (Å²) in [7, 11) is 3.17. The molecule has 0 aliphatic carbocycles. The van der Waals surface area contributed by atoms with Gasteiger partial charge in [0.05, 0.1) is 31.9 Å². The second kappa shape index (κ2) is 9.82. The normalized spacial score (nSPS) is 11.3. The highest BCUT2D eigenvalue weighted by molar-refractivity contribution is 7.13. The largest absolute Gasteiger partial charge is 0.497 e. The van der Waals surface area contributed by atoms with Crippen molar-refractivity contribution in [1.29, 1.82) is 0 Å². The SMILES string of the molecule is COc1ccc(OC)c(CCNC(=O)Cc2csc(-c3ccc(C(F)(F)F)cc3)n2)c1. The van der Waals surface area contributed by atoms with E-state index in [1.165, 1.54) is 23.5 Å². The second-order valence-electron chi connectivity index (χ2n) is 6.67. The van der Waals surface area contributed by atoms with Crippen LogP contribution < -0.4 is 14.8 Å². The van der Waals surface area contributed by atoms with Gasteiger partial charge in [-0.25, -0.2) is 4.98 Å². The maximum absolute atomic E-state index is 12.7. The number of rotatable bonds is 8. The molecule has 0 aliphatic rings. The zero-order valence-corrected chi connectivity index (χ0v) is 17.8. The lowest BCUT2D eigenvalue weighted by atomic mass is 10.1. The summed E-state index contributed by atoms with van der Waals surface area (Å²) < 4.78 is 48.6. The number of hydrogen-bond donors (Lipinski definition) is 1. The number of aromatic nitrogens is 1. The highest BCUT2D eigenvalue weighted by Crippen LogP contribution is 2.31. The zero-order valence-electron chi connectivity index (χ0n) is 17.0. The Morgan fingerprint density at radius 2 is 1.84 bits per heavy atom. The summed E-state index contributed by atoms with van der Waals surface area (Å²) in [5, 5.41) is 5.15. The van der Waals surface area contributed by atoms with E-state index < -0.39 is 11.7 Å². The van der Waals surface area contributed by atoms with Gasteiger partial charge in [0.1, 0.15) is 16.5 Å². The third kappa shape index (κ3) is 5.97. The smallest absolute Gasteiger partial charge is 0.416 e. The van der Waals surface area contributed by atoms with Crippen LogP contribution in [0.3, 0.4) is 0 Å². The van der Waals surface area contributed by atoms with Crippen molar-refractivity contribution in [2.45, 2.75) is 19.0 Å². The standard InChI is InChI=1S/C22H21F3N2O3S/c1-29-18-7-8-19(30-2)15(11-18)9-10-26-20(28)12-17-13-31-21(27-17)14-3-5-16(6-4-14)22(23,24)25/h3-8,11,13H,9-10,12H2,1-2H3,(H,26,28). The van der Waals surface area contributed by atoms with Crippen molar-refractivity contribution >= 4 is 17.2 Å². The van der Waals surface area contributed by atoms with Crippen LogP contribution in [0.4, 0.5) is 13.2 Å². The van der Waals surface area contributed by atoms with E-state index in [0.717, 1.165) is 23.4 Å². The summed E-state index contributed by atoms with van der Waals surface area (Å²) in [6.45, 7) is 0.415. The number of hydrogen-bond acceptors (Lipinski definition) is 5. The van der Waals surface area contributed by atoms with Crippen LogP contribution in [-0.4, -0.2) is 31.7 Å². The van der Waals surface area contributed by atoms with Crippen LogP contribution in [0.15, 0.2) is 47.8 Å². The molecule has 0 unspecified atom stereocenters. The summed E-state index contributed by atoms with van der Waals surface area (Å²) >= 11 is 1.28. The topological polar surface area (TPSA) is 60.5 Å². The molecule has 31 heavy (non-hydrogen) atoms. The maximum Gasteiger partial charge on any atom is 0.416 e. The molecule has 1 aromatic heterocycles. The molecule has 1 N–H and O–H groups in total. The van der Waals surface area contributed by atoms with Gasteiger partial charge in [-0.3, -0.25) is 4.79 Å². The molecular weight excluding hydrogens is 429 g/mol. The molecule has 1 heterocycles. The maximum atomic E-state index is 12.7. The van der Waals surface area contributed by atoms with Gasteiger partial charge in [0.25, 0.3) is 0 Å². The van der Waals surface area contributed by atoms with E-state index >= 15 is 0 Å². The van der Waals surface area contributed by atoms with Crippen LogP contribution in [-0.2, 0) is 23.8 Å². The molecule has 0 spiro atoms. The number of halogens is 3. The Kier molecular flexibility index (Phi) is 7.17. The van der Waals surface area contributed by atoms with Crippen molar-refractivity contribution < 1.29 is 27.4 Å². The molecule has 3 rings (SSSR count). The number of benzene rings is 2. The molecule has 9 heteroatoms. The predicted molar refractivity (Wildman–Crippen MR) is 113 cm³/mol. The first-order valence-corrected chi connectivity index (χ1v) is 10.3. The minimum atomic E-state index is -4.38. The number of carbonyl (C=O) groups excluding carboxylic acids is 1. The van der Waals surface area contributed by atoms with Gasteiger partial charge in [-0.1, -0.05) is 12.1 Å². The highest BCUT2D eigenvalue weighted by atomic mass is 32.1. The van der Waals surface area contributed by atoms with Gasteiger partial charge >= 0.3 is 6.18 Å². The van der Waals surface area contributed by atoms with E-state index in [9.17, 15) is 18.0 Å². The fourth-order valence-electron chi connectivity index (χ4n) is 2.96. The van der Waals surface area contributed by atoms with E-state index in [2.05, 4.69) is 10.3 Å². The van der Waals surface area contributed by atoms with Crippen LogP contribution in [0, 0.1) is 0 Å². The van der Waals surface area contributed by atoms with Crippen molar-refractivity contribution in [2.24, 2.45) is 0 Å². The van der Waals surface area contributed by atoms with Crippen LogP contribution in [0.2, 0.25) is 0 Å². The first kappa shape index (κ1) is 22.6. The molecule has 0 saturated carbocycles. The van der Waals surface area contributed by atoms with Gasteiger partial charge in [0.15, 0.2) is 0 Å². The summed E-state index contributed by atoms with van der Waals surface area (Å²) in [5.74, 6) is 1.24. The lowest BCUT2D eigenvalue weighted by Gasteiger charge is -2.11. The van der Waals surface area contributed by atoms with Gasteiger partial charge in [0, 0.05) is 17.5 Å². The van der Waals surface area contributed by atoms with Gasteiger partial charge in [-0.2, -0.15) is 13.2 Å². The third-order valence-corrected chi connectivity index (χ3v) is 5.50. The molecule has 3 aromatic rings. The predicted octanol–water partition coefficient (Wildman–Crippen LogP) is 4.75. The molecule has 0 saturated heterocycles. The summed E-state index contributed by atoms with van der Waals surface area (Å²) in [6.07, 6.45) is -3.72. The molecule has 0 bridgehead atoms. The van der Waals surface area contributed by atoms with Gasteiger partial charge < -0.3 is 14.8 Å².